The molecule has 4 rings (SSSR count). The van der Waals surface area contributed by atoms with Gasteiger partial charge in [0.1, 0.15) is 18.1 Å². The molecule has 0 radical (unpaired) electrons. The van der Waals surface area contributed by atoms with Gasteiger partial charge in [-0.2, -0.15) is 0 Å². The fraction of sp³-hybridized carbons (Fsp3) is 0.214. The topological polar surface area (TPSA) is 76.1 Å². The lowest BCUT2D eigenvalue weighted by Crippen LogP contribution is -2.32. The lowest BCUT2D eigenvalue weighted by molar-refractivity contribution is -0.140. The van der Waals surface area contributed by atoms with Crippen LogP contribution in [0, 0.1) is 6.92 Å². The van der Waals surface area contributed by atoms with Gasteiger partial charge < -0.3 is 19.5 Å². The lowest BCUT2D eigenvalue weighted by Gasteiger charge is -2.25. The molecule has 1 fully saturated rings. The summed E-state index contributed by atoms with van der Waals surface area (Å²) in [7, 11) is 1.54. The number of ketones is 1. The van der Waals surface area contributed by atoms with Crippen molar-refractivity contribution in [3.8, 4) is 5.75 Å². The van der Waals surface area contributed by atoms with E-state index < -0.39 is 17.7 Å². The number of rotatable bonds is 8. The van der Waals surface area contributed by atoms with Crippen LogP contribution in [0.5, 0.6) is 5.75 Å². The highest BCUT2D eigenvalue weighted by atomic mass is 79.9. The van der Waals surface area contributed by atoms with Crippen molar-refractivity contribution >= 4 is 33.4 Å². The van der Waals surface area contributed by atoms with E-state index in [4.69, 9.17) is 9.47 Å². The number of benzene rings is 3. The first-order valence-electron chi connectivity index (χ1n) is 11.2. The van der Waals surface area contributed by atoms with Crippen LogP contribution < -0.4 is 4.74 Å². The summed E-state index contributed by atoms with van der Waals surface area (Å²) in [6, 6.07) is 21.5. The maximum absolute atomic E-state index is 13.0. The third-order valence-electron chi connectivity index (χ3n) is 5.86. The van der Waals surface area contributed by atoms with Crippen molar-refractivity contribution in [3.63, 3.8) is 0 Å². The van der Waals surface area contributed by atoms with E-state index in [2.05, 4.69) is 22.0 Å². The maximum Gasteiger partial charge on any atom is 0.295 e. The van der Waals surface area contributed by atoms with Crippen molar-refractivity contribution < 1.29 is 24.2 Å². The monoisotopic (exact) mass is 535 g/mol. The quantitative estimate of drug-likeness (QED) is 0.237. The molecule has 1 aliphatic heterocycles. The molecule has 1 atom stereocenters. The van der Waals surface area contributed by atoms with E-state index in [-0.39, 0.29) is 24.5 Å². The molecular weight excluding hydrogens is 510 g/mol. The number of Topliss-reactive ketones (excluding diaryl/α,β-unsaturated/α-hetero) is 1. The summed E-state index contributed by atoms with van der Waals surface area (Å²) in [5.41, 5.74) is 3.42. The summed E-state index contributed by atoms with van der Waals surface area (Å²) < 4.78 is 11.8. The van der Waals surface area contributed by atoms with Crippen LogP contribution in [0.25, 0.3) is 5.76 Å². The average Bonchev–Trinajstić information content (AvgIpc) is 3.11. The standard InChI is InChI=1S/C28H26BrNO5/c1-18-5-3-6-19(15-18)17-35-23-11-9-20(10-12-23)26(31)24-25(21-7-4-8-22(29)16-21)30(13-14-34-2)28(33)27(24)32/h3-12,15-16,25,31H,13-14,17H2,1-2H3/b26-24+. The largest absolute Gasteiger partial charge is 0.507 e. The number of carbonyl (C=O) groups excluding carboxylic acids is 2. The van der Waals surface area contributed by atoms with E-state index in [9.17, 15) is 14.7 Å². The van der Waals surface area contributed by atoms with Crippen LogP contribution in [-0.2, 0) is 20.9 Å². The number of hydrogen-bond acceptors (Lipinski definition) is 5. The number of methoxy groups -OCH3 is 1. The van der Waals surface area contributed by atoms with E-state index in [1.807, 2.05) is 49.4 Å². The molecule has 3 aromatic carbocycles. The number of amides is 1. The molecule has 35 heavy (non-hydrogen) atoms. The molecule has 1 amide bonds. The summed E-state index contributed by atoms with van der Waals surface area (Å²) in [4.78, 5) is 27.3. The SMILES string of the molecule is COCCN1C(=O)C(=O)/C(=C(/O)c2ccc(OCc3cccc(C)c3)cc2)C1c1cccc(Br)c1. The minimum atomic E-state index is -0.722. The molecule has 0 spiro atoms. The van der Waals surface area contributed by atoms with Crippen LogP contribution in [0.15, 0.2) is 82.8 Å². The zero-order valence-corrected chi connectivity index (χ0v) is 21.1. The third-order valence-corrected chi connectivity index (χ3v) is 6.35. The van der Waals surface area contributed by atoms with Crippen molar-refractivity contribution in [1.29, 1.82) is 0 Å². The number of hydrogen-bond donors (Lipinski definition) is 1. The number of nitrogens with zero attached hydrogens (tertiary/aromatic N) is 1. The Labute approximate surface area is 212 Å². The van der Waals surface area contributed by atoms with Crippen molar-refractivity contribution in [3.05, 3.63) is 105 Å². The van der Waals surface area contributed by atoms with E-state index >= 15 is 0 Å². The smallest absolute Gasteiger partial charge is 0.295 e. The molecule has 0 aromatic heterocycles. The maximum atomic E-state index is 13.0. The van der Waals surface area contributed by atoms with Gasteiger partial charge in [-0.15, -0.1) is 0 Å². The van der Waals surface area contributed by atoms with Gasteiger partial charge >= 0.3 is 0 Å². The molecular formula is C28H26BrNO5. The van der Waals surface area contributed by atoms with Crippen LogP contribution >= 0.6 is 15.9 Å². The zero-order chi connectivity index (χ0) is 24.9. The van der Waals surface area contributed by atoms with Gasteiger partial charge in [-0.1, -0.05) is 57.9 Å². The van der Waals surface area contributed by atoms with Gasteiger partial charge in [0.2, 0.25) is 0 Å². The highest BCUT2D eigenvalue weighted by Crippen LogP contribution is 2.40. The summed E-state index contributed by atoms with van der Waals surface area (Å²) in [5.74, 6) is -0.972. The van der Waals surface area contributed by atoms with Crippen LogP contribution in [0.4, 0.5) is 0 Å². The zero-order valence-electron chi connectivity index (χ0n) is 19.5. The van der Waals surface area contributed by atoms with Crippen LogP contribution in [0.2, 0.25) is 0 Å². The van der Waals surface area contributed by atoms with Crippen LogP contribution in [0.3, 0.4) is 0 Å². The Morgan fingerprint density at radius 2 is 1.77 bits per heavy atom. The van der Waals surface area contributed by atoms with Crippen LogP contribution in [0.1, 0.15) is 28.3 Å². The number of ether oxygens (including phenoxy) is 2. The van der Waals surface area contributed by atoms with Crippen molar-refractivity contribution in [1.82, 2.24) is 4.90 Å². The molecule has 1 unspecified atom stereocenters. The lowest BCUT2D eigenvalue weighted by atomic mass is 9.95. The van der Waals surface area contributed by atoms with E-state index in [0.717, 1.165) is 15.6 Å². The van der Waals surface area contributed by atoms with Gasteiger partial charge in [0.25, 0.3) is 11.7 Å². The second-order valence-corrected chi connectivity index (χ2v) is 9.26. The summed E-state index contributed by atoms with van der Waals surface area (Å²) in [6.45, 7) is 2.94. The van der Waals surface area contributed by atoms with Gasteiger partial charge in [-0.05, 0) is 54.4 Å². The molecule has 1 saturated heterocycles. The molecule has 0 saturated carbocycles. The highest BCUT2D eigenvalue weighted by Gasteiger charge is 2.45. The normalized spacial score (nSPS) is 17.1. The van der Waals surface area contributed by atoms with Gasteiger partial charge in [0.15, 0.2) is 0 Å². The van der Waals surface area contributed by atoms with E-state index in [1.54, 1.807) is 24.3 Å². The Bertz CT molecular complexity index is 1270. The number of aryl methyl sites for hydroxylation is 1. The van der Waals surface area contributed by atoms with E-state index in [0.29, 0.717) is 23.5 Å². The van der Waals surface area contributed by atoms with E-state index in [1.165, 1.54) is 12.0 Å². The van der Waals surface area contributed by atoms with Gasteiger partial charge in [0, 0.05) is 23.7 Å². The van der Waals surface area contributed by atoms with Crippen molar-refractivity contribution in [2.24, 2.45) is 0 Å². The average molecular weight is 536 g/mol. The first kappa shape index (κ1) is 24.7. The molecule has 0 aliphatic carbocycles. The third kappa shape index (κ3) is 5.47. The number of aliphatic hydroxyl groups is 1. The predicted octanol–water partition coefficient (Wildman–Crippen LogP) is 5.40. The minimum absolute atomic E-state index is 0.0534. The van der Waals surface area contributed by atoms with Gasteiger partial charge in [-0.25, -0.2) is 0 Å². The molecule has 1 N–H and O–H groups in total. The summed E-state index contributed by atoms with van der Waals surface area (Å²) in [5, 5.41) is 11.2. The summed E-state index contributed by atoms with van der Waals surface area (Å²) in [6.07, 6.45) is 0. The molecule has 6 nitrogen and oxygen atoms in total. The van der Waals surface area contributed by atoms with Gasteiger partial charge in [-0.3, -0.25) is 9.59 Å². The Balaban J connectivity index is 1.64. The first-order chi connectivity index (χ1) is 16.9. The van der Waals surface area contributed by atoms with Crippen LogP contribution in [-0.4, -0.2) is 42.0 Å². The second kappa shape index (κ2) is 10.9. The Hall–Kier alpha value is -3.42. The van der Waals surface area contributed by atoms with Crippen molar-refractivity contribution in [2.45, 2.75) is 19.6 Å². The number of aliphatic hydroxyl groups excluding tert-OH is 1. The number of likely N-dealkylation sites (tertiary alicyclic amines) is 1. The van der Waals surface area contributed by atoms with Crippen molar-refractivity contribution in [2.75, 3.05) is 20.3 Å². The Morgan fingerprint density at radius 3 is 2.46 bits per heavy atom. The van der Waals surface area contributed by atoms with Gasteiger partial charge in [0.05, 0.1) is 18.2 Å². The number of carbonyl (C=O) groups is 2. The predicted molar refractivity (Wildman–Crippen MR) is 137 cm³/mol. The Morgan fingerprint density at radius 1 is 1.03 bits per heavy atom. The number of halogens is 1. The molecule has 3 aromatic rings. The fourth-order valence-electron chi connectivity index (χ4n) is 4.16. The Kier molecular flexibility index (Phi) is 7.68. The summed E-state index contributed by atoms with van der Waals surface area (Å²) >= 11 is 3.45. The fourth-order valence-corrected chi connectivity index (χ4v) is 4.57. The molecule has 0 bridgehead atoms. The minimum Gasteiger partial charge on any atom is -0.507 e. The highest BCUT2D eigenvalue weighted by molar-refractivity contribution is 9.10. The first-order valence-corrected chi connectivity index (χ1v) is 12.0. The molecule has 1 aliphatic rings. The molecule has 180 valence electrons. The second-order valence-electron chi connectivity index (χ2n) is 8.34. The molecule has 1 heterocycles. The molecule has 7 heteroatoms.